The van der Waals surface area contributed by atoms with Crippen molar-refractivity contribution in [1.82, 2.24) is 9.88 Å². The fourth-order valence-electron chi connectivity index (χ4n) is 3.05. The Labute approximate surface area is 179 Å². The molecule has 9 heteroatoms. The second kappa shape index (κ2) is 10.8. The van der Waals surface area contributed by atoms with Gasteiger partial charge in [0.05, 0.1) is 7.11 Å². The minimum atomic E-state index is -0.797. The fourth-order valence-corrected chi connectivity index (χ4v) is 3.05. The van der Waals surface area contributed by atoms with E-state index in [4.69, 9.17) is 10.5 Å². The number of ketones is 1. The fraction of sp³-hybridized carbons (Fsp3) is 0.409. The summed E-state index contributed by atoms with van der Waals surface area (Å²) < 4.78 is 33.3. The number of nitrogens with one attached hydrogen (secondary N) is 1. The molecule has 168 valence electrons. The van der Waals surface area contributed by atoms with E-state index < -0.39 is 23.0 Å². The molecule has 1 aromatic carbocycles. The minimum absolute atomic E-state index is 0.0822. The first kappa shape index (κ1) is 24.2. The van der Waals surface area contributed by atoms with Crippen molar-refractivity contribution in [2.75, 3.05) is 13.7 Å². The Morgan fingerprint density at radius 1 is 1.32 bits per heavy atom. The quantitative estimate of drug-likeness (QED) is 0.752. The number of hydrogen-bond donors (Lipinski definition) is 2. The Balaban J connectivity index is 0.000000785. The summed E-state index contributed by atoms with van der Waals surface area (Å²) in [6.45, 7) is 4.89. The van der Waals surface area contributed by atoms with E-state index in [1.54, 1.807) is 6.92 Å². The Kier molecular flexibility index (Phi) is 8.44. The number of halogens is 2. The van der Waals surface area contributed by atoms with E-state index in [2.05, 4.69) is 12.2 Å². The minimum Gasteiger partial charge on any atom is -0.491 e. The second-order valence-corrected chi connectivity index (χ2v) is 7.21. The molecule has 3 rings (SSSR count). The standard InChI is InChI=1S/C19H18F2N2O4.C3H9N/c1-10-5-6-23-9-13(17(25)18(27-2)15(23)16(10)24)19(26)22-8-11-3-4-12(20)7-14(11)21;1-2-3-4/h3-4,7,9-10H,5-6,8H2,1-2H3,(H,22,26);2-4H2,1H3. The monoisotopic (exact) mass is 435 g/mol. The Hall–Kier alpha value is -3.07. The zero-order valence-electron chi connectivity index (χ0n) is 17.8. The van der Waals surface area contributed by atoms with Gasteiger partial charge in [0.2, 0.25) is 5.43 Å². The van der Waals surface area contributed by atoms with E-state index in [1.165, 1.54) is 23.9 Å². The number of hydrogen-bond acceptors (Lipinski definition) is 5. The van der Waals surface area contributed by atoms with Gasteiger partial charge in [0, 0.05) is 36.8 Å². The highest BCUT2D eigenvalue weighted by Crippen LogP contribution is 2.26. The van der Waals surface area contributed by atoms with Crippen molar-refractivity contribution in [3.8, 4) is 5.75 Å². The van der Waals surface area contributed by atoms with Crippen molar-refractivity contribution in [3.05, 3.63) is 63.1 Å². The summed E-state index contributed by atoms with van der Waals surface area (Å²) in [6.07, 6.45) is 3.00. The third kappa shape index (κ3) is 5.55. The average molecular weight is 435 g/mol. The number of aryl methyl sites for hydroxylation is 1. The van der Waals surface area contributed by atoms with Crippen molar-refractivity contribution >= 4 is 11.7 Å². The molecule has 1 atom stereocenters. The van der Waals surface area contributed by atoms with Crippen LogP contribution in [0.2, 0.25) is 0 Å². The van der Waals surface area contributed by atoms with Gasteiger partial charge in [0.25, 0.3) is 5.91 Å². The van der Waals surface area contributed by atoms with Gasteiger partial charge < -0.3 is 20.4 Å². The normalized spacial score (nSPS) is 14.9. The summed E-state index contributed by atoms with van der Waals surface area (Å²) in [5, 5.41) is 2.44. The molecule has 0 aliphatic carbocycles. The summed E-state index contributed by atoms with van der Waals surface area (Å²) in [7, 11) is 1.26. The Morgan fingerprint density at radius 2 is 2.00 bits per heavy atom. The first-order valence-corrected chi connectivity index (χ1v) is 10.0. The van der Waals surface area contributed by atoms with E-state index in [9.17, 15) is 23.2 Å². The number of nitrogens with two attached hydrogens (primary N) is 1. The van der Waals surface area contributed by atoms with Gasteiger partial charge in [-0.1, -0.05) is 19.9 Å². The van der Waals surface area contributed by atoms with Gasteiger partial charge in [0.15, 0.2) is 11.5 Å². The van der Waals surface area contributed by atoms with Crippen LogP contribution in [0.15, 0.2) is 29.2 Å². The van der Waals surface area contributed by atoms with Crippen molar-refractivity contribution in [1.29, 1.82) is 0 Å². The van der Waals surface area contributed by atoms with Crippen LogP contribution in [0, 0.1) is 17.6 Å². The highest BCUT2D eigenvalue weighted by molar-refractivity contribution is 6.01. The number of pyridine rings is 1. The molecule has 1 aliphatic rings. The number of carbonyl (C=O) groups is 2. The molecule has 3 N–H and O–H groups in total. The molecular formula is C22H27F2N3O4. The molecule has 0 bridgehead atoms. The Morgan fingerprint density at radius 3 is 2.58 bits per heavy atom. The highest BCUT2D eigenvalue weighted by atomic mass is 19.1. The predicted octanol–water partition coefficient (Wildman–Crippen LogP) is 2.64. The van der Waals surface area contributed by atoms with E-state index in [0.717, 1.165) is 19.0 Å². The molecule has 1 aliphatic heterocycles. The van der Waals surface area contributed by atoms with Gasteiger partial charge in [-0.25, -0.2) is 8.78 Å². The van der Waals surface area contributed by atoms with Gasteiger partial charge >= 0.3 is 0 Å². The molecule has 0 radical (unpaired) electrons. The maximum atomic E-state index is 13.7. The molecule has 1 amide bonds. The highest BCUT2D eigenvalue weighted by Gasteiger charge is 2.31. The van der Waals surface area contributed by atoms with Gasteiger partial charge in [-0.15, -0.1) is 0 Å². The van der Waals surface area contributed by atoms with E-state index in [1.807, 2.05) is 0 Å². The van der Waals surface area contributed by atoms with Crippen LogP contribution in [0.4, 0.5) is 8.78 Å². The smallest absolute Gasteiger partial charge is 0.257 e. The summed E-state index contributed by atoms with van der Waals surface area (Å²) in [5.41, 5.74) is 4.35. The van der Waals surface area contributed by atoms with Crippen LogP contribution in [0.3, 0.4) is 0 Å². The van der Waals surface area contributed by atoms with Crippen LogP contribution in [0.5, 0.6) is 5.75 Å². The molecule has 1 unspecified atom stereocenters. The van der Waals surface area contributed by atoms with Crippen molar-refractivity contribution < 1.29 is 23.1 Å². The van der Waals surface area contributed by atoms with Crippen LogP contribution in [-0.4, -0.2) is 29.9 Å². The third-order valence-corrected chi connectivity index (χ3v) is 4.91. The number of benzene rings is 1. The SMILES string of the molecule is CCCN.COc1c2n(cc(C(=O)NCc3ccc(F)cc3F)c1=O)CCC(C)C2=O. The summed E-state index contributed by atoms with van der Waals surface area (Å²) in [4.78, 5) is 37.5. The maximum absolute atomic E-state index is 13.7. The molecule has 0 saturated heterocycles. The molecule has 0 spiro atoms. The predicted molar refractivity (Wildman–Crippen MR) is 112 cm³/mol. The van der Waals surface area contributed by atoms with E-state index in [-0.39, 0.29) is 40.8 Å². The summed E-state index contributed by atoms with van der Waals surface area (Å²) in [6, 6.07) is 3.00. The zero-order valence-corrected chi connectivity index (χ0v) is 17.8. The van der Waals surface area contributed by atoms with Gasteiger partial charge in [-0.2, -0.15) is 0 Å². The Bertz CT molecular complexity index is 1020. The van der Waals surface area contributed by atoms with Crippen molar-refractivity contribution in [2.45, 2.75) is 39.8 Å². The molecule has 0 fully saturated rings. The molecule has 2 heterocycles. The molecule has 2 aromatic rings. The summed E-state index contributed by atoms with van der Waals surface area (Å²) in [5.74, 6) is -2.88. The van der Waals surface area contributed by atoms with Crippen LogP contribution in [-0.2, 0) is 13.1 Å². The van der Waals surface area contributed by atoms with Crippen LogP contribution < -0.4 is 21.2 Å². The molecular weight excluding hydrogens is 408 g/mol. The lowest BCUT2D eigenvalue weighted by molar-refractivity contribution is 0.0879. The lowest BCUT2D eigenvalue weighted by atomic mass is 9.94. The largest absolute Gasteiger partial charge is 0.491 e. The molecule has 7 nitrogen and oxygen atoms in total. The number of aromatic nitrogens is 1. The number of rotatable bonds is 5. The van der Waals surface area contributed by atoms with Gasteiger partial charge in [-0.05, 0) is 25.5 Å². The number of amides is 1. The van der Waals surface area contributed by atoms with Crippen molar-refractivity contribution in [2.24, 2.45) is 11.7 Å². The van der Waals surface area contributed by atoms with Gasteiger partial charge in [-0.3, -0.25) is 14.4 Å². The second-order valence-electron chi connectivity index (χ2n) is 7.21. The summed E-state index contributed by atoms with van der Waals surface area (Å²) >= 11 is 0. The number of ether oxygens (including phenoxy) is 1. The van der Waals surface area contributed by atoms with E-state index in [0.29, 0.717) is 19.0 Å². The first-order valence-electron chi connectivity index (χ1n) is 10.0. The lowest BCUT2D eigenvalue weighted by Gasteiger charge is -2.24. The van der Waals surface area contributed by atoms with Crippen LogP contribution >= 0.6 is 0 Å². The third-order valence-electron chi connectivity index (χ3n) is 4.91. The van der Waals surface area contributed by atoms with Crippen molar-refractivity contribution in [3.63, 3.8) is 0 Å². The molecule has 31 heavy (non-hydrogen) atoms. The van der Waals surface area contributed by atoms with Crippen LogP contribution in [0.1, 0.15) is 53.1 Å². The number of methoxy groups -OCH3 is 1. The number of nitrogens with zero attached hydrogens (tertiary/aromatic N) is 1. The first-order chi connectivity index (χ1) is 14.7. The average Bonchev–Trinajstić information content (AvgIpc) is 2.75. The van der Waals surface area contributed by atoms with E-state index >= 15 is 0 Å². The van der Waals surface area contributed by atoms with Crippen LogP contribution in [0.25, 0.3) is 0 Å². The topological polar surface area (TPSA) is 103 Å². The zero-order chi connectivity index (χ0) is 23.1. The molecule has 1 aromatic heterocycles. The number of carbonyl (C=O) groups excluding carboxylic acids is 2. The maximum Gasteiger partial charge on any atom is 0.257 e. The number of fused-ring (bicyclic) bond motifs is 1. The number of Topliss-reactive ketones (excluding diaryl/α,β-unsaturated/α-hetero) is 1. The van der Waals surface area contributed by atoms with Gasteiger partial charge in [0.1, 0.15) is 22.9 Å². The molecule has 0 saturated carbocycles. The lowest BCUT2D eigenvalue weighted by Crippen LogP contribution is -2.34.